The van der Waals surface area contributed by atoms with E-state index in [1.165, 1.54) is 11.8 Å². The Hall–Kier alpha value is -3.08. The Kier molecular flexibility index (Phi) is 4.92. The van der Waals surface area contributed by atoms with Crippen molar-refractivity contribution in [1.82, 2.24) is 9.88 Å². The quantitative estimate of drug-likeness (QED) is 0.777. The van der Waals surface area contributed by atoms with Gasteiger partial charge in [0.25, 0.3) is 0 Å². The van der Waals surface area contributed by atoms with Gasteiger partial charge in [-0.15, -0.1) is 0 Å². The molecule has 3 aromatic rings. The second-order valence-electron chi connectivity index (χ2n) is 6.99. The molecule has 0 saturated carbocycles. The summed E-state index contributed by atoms with van der Waals surface area (Å²) in [6, 6.07) is 19.5. The van der Waals surface area contributed by atoms with Crippen molar-refractivity contribution in [3.05, 3.63) is 77.1 Å². The molecule has 1 aromatic heterocycles. The van der Waals surface area contributed by atoms with Crippen LogP contribution in [-0.4, -0.2) is 29.6 Å². The van der Waals surface area contributed by atoms with Gasteiger partial charge >= 0.3 is 0 Å². The Morgan fingerprint density at radius 2 is 1.67 bits per heavy atom. The van der Waals surface area contributed by atoms with Gasteiger partial charge in [-0.3, -0.25) is 9.59 Å². The van der Waals surface area contributed by atoms with E-state index in [-0.39, 0.29) is 23.9 Å². The van der Waals surface area contributed by atoms with Crippen molar-refractivity contribution >= 4 is 22.5 Å². The molecule has 1 aliphatic heterocycles. The summed E-state index contributed by atoms with van der Waals surface area (Å²) < 4.78 is 1.84. The van der Waals surface area contributed by atoms with Crippen LogP contribution in [0.4, 0.5) is 5.69 Å². The van der Waals surface area contributed by atoms with Gasteiger partial charge < -0.3 is 14.8 Å². The van der Waals surface area contributed by atoms with Gasteiger partial charge in [-0.2, -0.15) is 0 Å². The van der Waals surface area contributed by atoms with Crippen LogP contribution in [-0.2, 0) is 11.3 Å². The van der Waals surface area contributed by atoms with Gasteiger partial charge in [0.05, 0.1) is 5.52 Å². The summed E-state index contributed by atoms with van der Waals surface area (Å²) in [4.78, 5) is 26.9. The molecule has 1 N–H and O–H groups in total. The number of anilines is 1. The number of benzene rings is 2. The minimum Gasteiger partial charge on any atom is -0.371 e. The summed E-state index contributed by atoms with van der Waals surface area (Å²) in [6.07, 6.45) is 3.57. The fourth-order valence-electron chi connectivity index (χ4n) is 3.75. The molecule has 0 aliphatic carbocycles. The number of para-hydroxylation sites is 2. The highest BCUT2D eigenvalue weighted by atomic mass is 16.2. The summed E-state index contributed by atoms with van der Waals surface area (Å²) in [5.74, 6) is -0.0121. The van der Waals surface area contributed by atoms with Gasteiger partial charge in [0.2, 0.25) is 5.91 Å². The molecular weight excluding hydrogens is 338 g/mol. The maximum Gasteiger partial charge on any atom is 0.240 e. The molecule has 5 heteroatoms. The van der Waals surface area contributed by atoms with Crippen LogP contribution >= 0.6 is 0 Å². The molecular formula is C22H23N3O2. The number of carbonyl (C=O) groups excluding carboxylic acids is 1. The summed E-state index contributed by atoms with van der Waals surface area (Å²) in [7, 11) is 0. The number of carbonyl (C=O) groups is 1. The van der Waals surface area contributed by atoms with Crippen molar-refractivity contribution in [2.45, 2.75) is 25.4 Å². The van der Waals surface area contributed by atoms with Crippen LogP contribution in [0.15, 0.2) is 71.7 Å². The normalized spacial score (nSPS) is 15.0. The number of rotatable bonds is 4. The highest BCUT2D eigenvalue weighted by Crippen LogP contribution is 2.19. The Bertz CT molecular complexity index is 989. The molecule has 1 saturated heterocycles. The van der Waals surface area contributed by atoms with Crippen molar-refractivity contribution < 1.29 is 4.79 Å². The molecule has 1 amide bonds. The zero-order valence-electron chi connectivity index (χ0n) is 15.2. The van der Waals surface area contributed by atoms with E-state index >= 15 is 0 Å². The molecule has 0 atom stereocenters. The number of nitrogens with one attached hydrogen (secondary N) is 1. The molecule has 0 radical (unpaired) electrons. The fraction of sp³-hybridized carbons (Fsp3) is 0.273. The lowest BCUT2D eigenvalue weighted by Crippen LogP contribution is -2.45. The molecule has 5 nitrogen and oxygen atoms in total. The first kappa shape index (κ1) is 17.3. The number of pyridine rings is 1. The minimum absolute atomic E-state index is 0.0121. The maximum absolute atomic E-state index is 12.5. The predicted molar refractivity (Wildman–Crippen MR) is 108 cm³/mol. The molecule has 4 rings (SSSR count). The van der Waals surface area contributed by atoms with Gasteiger partial charge in [0.1, 0.15) is 6.54 Å². The standard InChI is InChI=1S/C22H23N3O2/c26-21-12-15-25(20-9-5-4-8-19(20)21)16-22(27)23-17-10-13-24(14-11-17)18-6-2-1-3-7-18/h1-9,12,15,17H,10-11,13-14,16H2,(H,23,27). The average molecular weight is 361 g/mol. The number of piperidine rings is 1. The lowest BCUT2D eigenvalue weighted by Gasteiger charge is -2.34. The highest BCUT2D eigenvalue weighted by molar-refractivity contribution is 5.82. The van der Waals surface area contributed by atoms with E-state index in [9.17, 15) is 9.59 Å². The molecule has 138 valence electrons. The Balaban J connectivity index is 1.37. The van der Waals surface area contributed by atoms with Gasteiger partial charge in [0.15, 0.2) is 5.43 Å². The van der Waals surface area contributed by atoms with Crippen LogP contribution < -0.4 is 15.6 Å². The van der Waals surface area contributed by atoms with E-state index in [1.54, 1.807) is 12.3 Å². The lowest BCUT2D eigenvalue weighted by atomic mass is 10.0. The average Bonchev–Trinajstić information content (AvgIpc) is 2.71. The SMILES string of the molecule is O=C(Cn1ccc(=O)c2ccccc21)NC1CCN(c2ccccc2)CC1. The predicted octanol–water partition coefficient (Wildman–Crippen LogP) is 2.79. The van der Waals surface area contributed by atoms with Crippen molar-refractivity contribution in [2.75, 3.05) is 18.0 Å². The molecule has 2 aromatic carbocycles. The number of aromatic nitrogens is 1. The largest absolute Gasteiger partial charge is 0.371 e. The zero-order valence-corrected chi connectivity index (χ0v) is 15.2. The zero-order chi connectivity index (χ0) is 18.6. The number of nitrogens with zero attached hydrogens (tertiary/aromatic N) is 2. The van der Waals surface area contributed by atoms with E-state index in [4.69, 9.17) is 0 Å². The molecule has 0 bridgehead atoms. The van der Waals surface area contributed by atoms with Crippen LogP contribution in [0.2, 0.25) is 0 Å². The van der Waals surface area contributed by atoms with Crippen molar-refractivity contribution in [3.63, 3.8) is 0 Å². The second kappa shape index (κ2) is 7.66. The van der Waals surface area contributed by atoms with Crippen molar-refractivity contribution in [2.24, 2.45) is 0 Å². The van der Waals surface area contributed by atoms with Gasteiger partial charge in [-0.05, 0) is 37.1 Å². The molecule has 1 fully saturated rings. The number of hydrogen-bond acceptors (Lipinski definition) is 3. The van der Waals surface area contributed by atoms with E-state index in [0.717, 1.165) is 31.4 Å². The first-order chi connectivity index (χ1) is 13.2. The van der Waals surface area contributed by atoms with Crippen LogP contribution in [0.1, 0.15) is 12.8 Å². The first-order valence-electron chi connectivity index (χ1n) is 9.38. The summed E-state index contributed by atoms with van der Waals surface area (Å²) in [5, 5.41) is 3.80. The van der Waals surface area contributed by atoms with E-state index in [1.807, 2.05) is 28.8 Å². The molecule has 2 heterocycles. The Morgan fingerprint density at radius 1 is 0.963 bits per heavy atom. The van der Waals surface area contributed by atoms with Gasteiger partial charge in [-0.1, -0.05) is 30.3 Å². The van der Waals surface area contributed by atoms with Crippen molar-refractivity contribution in [1.29, 1.82) is 0 Å². The fourth-order valence-corrected chi connectivity index (χ4v) is 3.75. The maximum atomic E-state index is 12.5. The third kappa shape index (κ3) is 3.87. The molecule has 27 heavy (non-hydrogen) atoms. The monoisotopic (exact) mass is 361 g/mol. The first-order valence-corrected chi connectivity index (χ1v) is 9.38. The van der Waals surface area contributed by atoms with E-state index in [0.29, 0.717) is 5.39 Å². The summed E-state index contributed by atoms with van der Waals surface area (Å²) in [5.41, 5.74) is 2.01. The number of amides is 1. The van der Waals surface area contributed by atoms with Crippen LogP contribution in [0.3, 0.4) is 0 Å². The van der Waals surface area contributed by atoms with E-state index in [2.05, 4.69) is 34.5 Å². The lowest BCUT2D eigenvalue weighted by molar-refractivity contribution is -0.122. The van der Waals surface area contributed by atoms with Crippen LogP contribution in [0.25, 0.3) is 10.9 Å². The number of hydrogen-bond donors (Lipinski definition) is 1. The van der Waals surface area contributed by atoms with Gasteiger partial charge in [0, 0.05) is 42.5 Å². The van der Waals surface area contributed by atoms with Crippen LogP contribution in [0.5, 0.6) is 0 Å². The molecule has 0 unspecified atom stereocenters. The Labute approximate surface area is 158 Å². The topological polar surface area (TPSA) is 54.3 Å². The van der Waals surface area contributed by atoms with Crippen LogP contribution in [0, 0.1) is 0 Å². The minimum atomic E-state index is -0.0180. The molecule has 1 aliphatic rings. The summed E-state index contributed by atoms with van der Waals surface area (Å²) in [6.45, 7) is 2.10. The molecule has 0 spiro atoms. The third-order valence-corrected chi connectivity index (χ3v) is 5.18. The third-order valence-electron chi connectivity index (χ3n) is 5.18. The highest BCUT2D eigenvalue weighted by Gasteiger charge is 2.21. The number of fused-ring (bicyclic) bond motifs is 1. The smallest absolute Gasteiger partial charge is 0.240 e. The summed E-state index contributed by atoms with van der Waals surface area (Å²) >= 11 is 0. The van der Waals surface area contributed by atoms with Crippen molar-refractivity contribution in [3.8, 4) is 0 Å². The Morgan fingerprint density at radius 3 is 2.44 bits per heavy atom. The van der Waals surface area contributed by atoms with E-state index < -0.39 is 0 Å². The second-order valence-corrected chi connectivity index (χ2v) is 6.99. The van der Waals surface area contributed by atoms with Gasteiger partial charge in [-0.25, -0.2) is 0 Å².